The number of amides is 1. The van der Waals surface area contributed by atoms with Gasteiger partial charge in [-0.2, -0.15) is 0 Å². The van der Waals surface area contributed by atoms with Crippen molar-refractivity contribution in [1.82, 2.24) is 4.98 Å². The van der Waals surface area contributed by atoms with Crippen LogP contribution in [0.4, 0.5) is 5.69 Å². The van der Waals surface area contributed by atoms with Crippen LogP contribution in [-0.4, -0.2) is 42.6 Å². The minimum Gasteiger partial charge on any atom is -0.507 e. The molecule has 8 heteroatoms. The van der Waals surface area contributed by atoms with Crippen LogP contribution < -0.4 is 19.1 Å². The van der Waals surface area contributed by atoms with Crippen LogP contribution in [0.3, 0.4) is 0 Å². The third kappa shape index (κ3) is 4.05. The van der Waals surface area contributed by atoms with Gasteiger partial charge < -0.3 is 19.3 Å². The third-order valence-corrected chi connectivity index (χ3v) is 5.53. The number of hydrogen-bond acceptors (Lipinski definition) is 7. The second kappa shape index (κ2) is 9.66. The van der Waals surface area contributed by atoms with Crippen molar-refractivity contribution in [3.63, 3.8) is 0 Å². The highest BCUT2D eigenvalue weighted by atomic mass is 16.5. The van der Waals surface area contributed by atoms with Gasteiger partial charge in [-0.3, -0.25) is 19.5 Å². The molecule has 0 radical (unpaired) electrons. The number of aliphatic hydroxyl groups excluding tert-OH is 1. The predicted molar refractivity (Wildman–Crippen MR) is 126 cm³/mol. The van der Waals surface area contributed by atoms with Crippen molar-refractivity contribution < 1.29 is 28.9 Å². The molecule has 1 aliphatic rings. The Labute approximate surface area is 197 Å². The molecule has 0 saturated carbocycles. The van der Waals surface area contributed by atoms with E-state index in [1.807, 2.05) is 6.92 Å². The van der Waals surface area contributed by atoms with Gasteiger partial charge in [0.05, 0.1) is 32.4 Å². The number of anilines is 1. The maximum Gasteiger partial charge on any atom is 0.300 e. The quantitative estimate of drug-likeness (QED) is 0.322. The summed E-state index contributed by atoms with van der Waals surface area (Å²) in [7, 11) is 2.98. The van der Waals surface area contributed by atoms with E-state index in [-0.39, 0.29) is 11.3 Å². The molecule has 1 saturated heterocycles. The Balaban J connectivity index is 1.88. The molecule has 1 N–H and O–H groups in total. The van der Waals surface area contributed by atoms with Gasteiger partial charge in [0, 0.05) is 23.6 Å². The molecule has 2 heterocycles. The van der Waals surface area contributed by atoms with E-state index in [9.17, 15) is 14.7 Å². The van der Waals surface area contributed by atoms with Crippen LogP contribution in [0.15, 0.2) is 72.6 Å². The Morgan fingerprint density at radius 3 is 2.38 bits per heavy atom. The molecule has 4 rings (SSSR count). The molecule has 174 valence electrons. The number of nitrogens with zero attached hydrogens (tertiary/aromatic N) is 2. The number of carbonyl (C=O) groups excluding carboxylic acids is 2. The SMILES string of the molecule is CCOc1ccc(N2C(=O)C(=O)/C(=C(\O)c3ccc(OC)c(OC)c3)C2c2cccnc2)cc1. The summed E-state index contributed by atoms with van der Waals surface area (Å²) in [6.45, 7) is 2.38. The van der Waals surface area contributed by atoms with Gasteiger partial charge in [-0.1, -0.05) is 6.07 Å². The highest BCUT2D eigenvalue weighted by Gasteiger charge is 2.47. The zero-order valence-electron chi connectivity index (χ0n) is 19.0. The lowest BCUT2D eigenvalue weighted by Crippen LogP contribution is -2.29. The highest BCUT2D eigenvalue weighted by molar-refractivity contribution is 6.51. The number of Topliss-reactive ketones (excluding diaryl/α,β-unsaturated/α-hetero) is 1. The van der Waals surface area contributed by atoms with E-state index in [0.717, 1.165) is 0 Å². The molecule has 1 fully saturated rings. The third-order valence-electron chi connectivity index (χ3n) is 5.53. The summed E-state index contributed by atoms with van der Waals surface area (Å²) in [4.78, 5) is 31.9. The maximum atomic E-state index is 13.2. The van der Waals surface area contributed by atoms with E-state index in [0.29, 0.717) is 40.7 Å². The van der Waals surface area contributed by atoms with Crippen LogP contribution in [0.25, 0.3) is 5.76 Å². The summed E-state index contributed by atoms with van der Waals surface area (Å²) in [5, 5.41) is 11.2. The first-order chi connectivity index (χ1) is 16.5. The van der Waals surface area contributed by atoms with Gasteiger partial charge in [0.2, 0.25) is 0 Å². The van der Waals surface area contributed by atoms with Gasteiger partial charge >= 0.3 is 0 Å². The summed E-state index contributed by atoms with van der Waals surface area (Å²) in [6, 6.07) is 14.2. The molecule has 1 amide bonds. The van der Waals surface area contributed by atoms with Crippen molar-refractivity contribution in [2.75, 3.05) is 25.7 Å². The fourth-order valence-electron chi connectivity index (χ4n) is 3.96. The number of benzene rings is 2. The highest BCUT2D eigenvalue weighted by Crippen LogP contribution is 2.43. The van der Waals surface area contributed by atoms with E-state index < -0.39 is 17.7 Å². The molecule has 1 aromatic heterocycles. The fourth-order valence-corrected chi connectivity index (χ4v) is 3.96. The standard InChI is InChI=1S/C26H24N2O6/c1-4-34-19-10-8-18(9-11-19)28-23(17-6-5-13-27-15-17)22(25(30)26(28)31)24(29)16-7-12-20(32-2)21(14-16)33-3/h5-15,23,29H,4H2,1-3H3/b24-22-. The first kappa shape index (κ1) is 22.8. The van der Waals surface area contributed by atoms with Crippen LogP contribution in [0.2, 0.25) is 0 Å². The number of ether oxygens (including phenoxy) is 3. The number of methoxy groups -OCH3 is 2. The molecule has 0 spiro atoms. The van der Waals surface area contributed by atoms with Crippen molar-refractivity contribution in [1.29, 1.82) is 0 Å². The molecule has 1 aliphatic heterocycles. The number of hydrogen-bond donors (Lipinski definition) is 1. The monoisotopic (exact) mass is 460 g/mol. The number of aromatic nitrogens is 1. The van der Waals surface area contributed by atoms with Crippen molar-refractivity contribution in [2.24, 2.45) is 0 Å². The zero-order chi connectivity index (χ0) is 24.2. The minimum atomic E-state index is -0.875. The van der Waals surface area contributed by atoms with Gasteiger partial charge in [-0.15, -0.1) is 0 Å². The fraction of sp³-hybridized carbons (Fsp3) is 0.192. The van der Waals surface area contributed by atoms with Crippen molar-refractivity contribution in [3.8, 4) is 17.2 Å². The summed E-state index contributed by atoms with van der Waals surface area (Å²) < 4.78 is 16.1. The zero-order valence-corrected chi connectivity index (χ0v) is 19.0. The van der Waals surface area contributed by atoms with Gasteiger partial charge in [0.15, 0.2) is 11.5 Å². The largest absolute Gasteiger partial charge is 0.507 e. The predicted octanol–water partition coefficient (Wildman–Crippen LogP) is 4.12. The molecular weight excluding hydrogens is 436 g/mol. The van der Waals surface area contributed by atoms with Crippen molar-refractivity contribution >= 4 is 23.1 Å². The lowest BCUT2D eigenvalue weighted by Gasteiger charge is -2.25. The van der Waals surface area contributed by atoms with Crippen molar-refractivity contribution in [3.05, 3.63) is 83.7 Å². The summed E-state index contributed by atoms with van der Waals surface area (Å²) in [6.07, 6.45) is 3.17. The normalized spacial score (nSPS) is 17.0. The number of aliphatic hydroxyl groups is 1. The van der Waals surface area contributed by atoms with Gasteiger partial charge in [0.25, 0.3) is 11.7 Å². The maximum absolute atomic E-state index is 13.2. The van der Waals surface area contributed by atoms with Crippen LogP contribution in [0.1, 0.15) is 24.1 Å². The summed E-state index contributed by atoms with van der Waals surface area (Å²) >= 11 is 0. The van der Waals surface area contributed by atoms with Crippen LogP contribution in [0, 0.1) is 0 Å². The van der Waals surface area contributed by atoms with Crippen LogP contribution in [0.5, 0.6) is 17.2 Å². The minimum absolute atomic E-state index is 0.0425. The Bertz CT molecular complexity index is 1240. The lowest BCUT2D eigenvalue weighted by molar-refractivity contribution is -0.132. The van der Waals surface area contributed by atoms with E-state index in [2.05, 4.69) is 4.98 Å². The first-order valence-electron chi connectivity index (χ1n) is 10.7. The second-order valence-corrected chi connectivity index (χ2v) is 7.45. The summed E-state index contributed by atoms with van der Waals surface area (Å²) in [5.74, 6) is -0.370. The molecule has 1 atom stereocenters. The molecule has 1 unspecified atom stereocenters. The van der Waals surface area contributed by atoms with Gasteiger partial charge in [0.1, 0.15) is 11.5 Å². The Kier molecular flexibility index (Phi) is 6.49. The molecule has 3 aromatic rings. The Morgan fingerprint density at radius 1 is 1.03 bits per heavy atom. The molecular formula is C26H24N2O6. The van der Waals surface area contributed by atoms with Gasteiger partial charge in [-0.05, 0) is 61.0 Å². The lowest BCUT2D eigenvalue weighted by atomic mass is 9.96. The number of carbonyl (C=O) groups is 2. The number of pyridine rings is 1. The van der Waals surface area contributed by atoms with Gasteiger partial charge in [-0.25, -0.2) is 0 Å². The average Bonchev–Trinajstić information content (AvgIpc) is 3.14. The smallest absolute Gasteiger partial charge is 0.300 e. The second-order valence-electron chi connectivity index (χ2n) is 7.45. The molecule has 2 aromatic carbocycles. The summed E-state index contributed by atoms with van der Waals surface area (Å²) in [5.41, 5.74) is 1.35. The Hall–Kier alpha value is -4.33. The number of rotatable bonds is 7. The topological polar surface area (TPSA) is 98.2 Å². The molecule has 0 bridgehead atoms. The molecule has 34 heavy (non-hydrogen) atoms. The average molecular weight is 460 g/mol. The Morgan fingerprint density at radius 2 is 1.76 bits per heavy atom. The van der Waals surface area contributed by atoms with E-state index in [1.54, 1.807) is 67.0 Å². The van der Waals surface area contributed by atoms with E-state index >= 15 is 0 Å². The number of ketones is 1. The first-order valence-corrected chi connectivity index (χ1v) is 10.7. The molecule has 0 aliphatic carbocycles. The van der Waals surface area contributed by atoms with Crippen molar-refractivity contribution in [2.45, 2.75) is 13.0 Å². The van der Waals surface area contributed by atoms with Crippen LogP contribution in [-0.2, 0) is 9.59 Å². The van der Waals surface area contributed by atoms with E-state index in [4.69, 9.17) is 14.2 Å². The van der Waals surface area contributed by atoms with E-state index in [1.165, 1.54) is 19.1 Å². The molecule has 8 nitrogen and oxygen atoms in total. The van der Waals surface area contributed by atoms with Crippen LogP contribution >= 0.6 is 0 Å².